The molecule has 0 fully saturated rings. The molecule has 11 heteroatoms. The lowest BCUT2D eigenvalue weighted by Gasteiger charge is -2.18. The summed E-state index contributed by atoms with van der Waals surface area (Å²) < 4.78 is 19.9. The third-order valence-corrected chi connectivity index (χ3v) is 7.57. The van der Waals surface area contributed by atoms with Crippen molar-refractivity contribution in [2.24, 2.45) is 0 Å². The van der Waals surface area contributed by atoms with Gasteiger partial charge in [-0.1, -0.05) is 28.1 Å². The zero-order valence-corrected chi connectivity index (χ0v) is 25.7. The molecule has 0 unspecified atom stereocenters. The lowest BCUT2D eigenvalue weighted by molar-refractivity contribution is 0.0976. The number of ether oxygens (including phenoxy) is 3. The molecule has 0 aliphatic heterocycles. The Hall–Kier alpha value is -2.73. The molecule has 4 aromatic rings. The largest absolute Gasteiger partial charge is 0.490 e. The molecule has 0 saturated heterocycles. The van der Waals surface area contributed by atoms with Crippen LogP contribution in [0.25, 0.3) is 20.8 Å². The van der Waals surface area contributed by atoms with Crippen LogP contribution < -0.4 is 24.8 Å². The average molecular weight is 679 g/mol. The van der Waals surface area contributed by atoms with Gasteiger partial charge in [0.2, 0.25) is 5.75 Å². The molecule has 0 atom stereocenters. The van der Waals surface area contributed by atoms with Crippen molar-refractivity contribution < 1.29 is 19.0 Å². The third kappa shape index (κ3) is 6.45. The Morgan fingerprint density at radius 1 is 0.974 bits per heavy atom. The van der Waals surface area contributed by atoms with E-state index in [1.54, 1.807) is 23.5 Å². The first-order valence-electron chi connectivity index (χ1n) is 11.9. The number of hydrogen-bond acceptors (Lipinski definition) is 7. The first-order chi connectivity index (χ1) is 18.3. The van der Waals surface area contributed by atoms with Gasteiger partial charge in [-0.25, -0.2) is 4.98 Å². The summed E-state index contributed by atoms with van der Waals surface area (Å²) in [5.74, 6) is 0.908. The SMILES string of the molecule is CCOc1cc(C(=O)NC(=S)Nc2c(Br)cc(Br)cc2-c2nc3ccccc3s2)cc(OCC)c1OCC. The second-order valence-corrected chi connectivity index (χ2v) is 11.0. The maximum absolute atomic E-state index is 13.2. The van der Waals surface area contributed by atoms with Crippen LogP contribution in [0.15, 0.2) is 57.5 Å². The zero-order chi connectivity index (χ0) is 27.2. The van der Waals surface area contributed by atoms with E-state index >= 15 is 0 Å². The second kappa shape index (κ2) is 12.9. The maximum Gasteiger partial charge on any atom is 0.257 e. The molecule has 1 heterocycles. The van der Waals surface area contributed by atoms with Crippen LogP contribution in [-0.2, 0) is 0 Å². The number of nitrogens with one attached hydrogen (secondary N) is 2. The van der Waals surface area contributed by atoms with Crippen molar-refractivity contribution in [2.45, 2.75) is 20.8 Å². The first kappa shape index (κ1) is 28.3. The van der Waals surface area contributed by atoms with E-state index in [9.17, 15) is 4.79 Å². The van der Waals surface area contributed by atoms with Gasteiger partial charge in [-0.05, 0) is 85.3 Å². The molecule has 1 amide bonds. The molecular formula is C27H25Br2N3O4S2. The first-order valence-corrected chi connectivity index (χ1v) is 14.7. The average Bonchev–Trinajstić information content (AvgIpc) is 3.31. The van der Waals surface area contributed by atoms with Gasteiger partial charge in [0.25, 0.3) is 5.91 Å². The fraction of sp³-hybridized carbons (Fsp3) is 0.222. The van der Waals surface area contributed by atoms with Gasteiger partial charge in [0.15, 0.2) is 16.6 Å². The Bertz CT molecular complexity index is 1430. The molecule has 0 aliphatic carbocycles. The maximum atomic E-state index is 13.2. The number of benzene rings is 3. The summed E-state index contributed by atoms with van der Waals surface area (Å²) >= 11 is 14.3. The van der Waals surface area contributed by atoms with Crippen LogP contribution in [0, 0.1) is 0 Å². The molecule has 7 nitrogen and oxygen atoms in total. The molecule has 4 rings (SSSR count). The number of fused-ring (bicyclic) bond motifs is 1. The highest BCUT2D eigenvalue weighted by Crippen LogP contribution is 2.41. The minimum atomic E-state index is -0.415. The summed E-state index contributed by atoms with van der Waals surface area (Å²) in [6, 6.07) is 15.1. The van der Waals surface area contributed by atoms with Gasteiger partial charge in [-0.2, -0.15) is 0 Å². The van der Waals surface area contributed by atoms with Crippen molar-refractivity contribution in [1.29, 1.82) is 0 Å². The summed E-state index contributed by atoms with van der Waals surface area (Å²) in [4.78, 5) is 18.0. The van der Waals surface area contributed by atoms with E-state index < -0.39 is 5.91 Å². The van der Waals surface area contributed by atoms with E-state index in [4.69, 9.17) is 31.4 Å². The molecular weight excluding hydrogens is 654 g/mol. The molecule has 0 bridgehead atoms. The monoisotopic (exact) mass is 677 g/mol. The van der Waals surface area contributed by atoms with Crippen molar-refractivity contribution in [3.63, 3.8) is 0 Å². The molecule has 0 spiro atoms. The van der Waals surface area contributed by atoms with Crippen molar-refractivity contribution in [3.05, 3.63) is 63.0 Å². The fourth-order valence-corrected chi connectivity index (χ4v) is 6.20. The van der Waals surface area contributed by atoms with E-state index in [-0.39, 0.29) is 5.11 Å². The predicted molar refractivity (Wildman–Crippen MR) is 164 cm³/mol. The predicted octanol–water partition coefficient (Wildman–Crippen LogP) is 7.81. The minimum Gasteiger partial charge on any atom is -0.490 e. The van der Waals surface area contributed by atoms with E-state index in [0.717, 1.165) is 29.7 Å². The number of thiocarbonyl (C=S) groups is 1. The van der Waals surface area contributed by atoms with E-state index in [1.165, 1.54) is 0 Å². The molecule has 0 saturated carbocycles. The van der Waals surface area contributed by atoms with Crippen LogP contribution in [-0.4, -0.2) is 35.8 Å². The molecule has 0 radical (unpaired) electrons. The summed E-state index contributed by atoms with van der Waals surface area (Å²) in [6.07, 6.45) is 0. The van der Waals surface area contributed by atoms with Crippen molar-refractivity contribution in [2.75, 3.05) is 25.1 Å². The Morgan fingerprint density at radius 2 is 1.63 bits per heavy atom. The molecule has 1 aromatic heterocycles. The van der Waals surface area contributed by atoms with E-state index in [2.05, 4.69) is 42.5 Å². The Kier molecular flexibility index (Phi) is 9.59. The Balaban J connectivity index is 1.61. The number of nitrogens with zero attached hydrogens (tertiary/aromatic N) is 1. The Labute approximate surface area is 247 Å². The molecule has 0 aliphatic rings. The van der Waals surface area contributed by atoms with Gasteiger partial charge in [-0.15, -0.1) is 11.3 Å². The number of hydrogen-bond donors (Lipinski definition) is 2. The van der Waals surface area contributed by atoms with Crippen molar-refractivity contribution in [3.8, 4) is 27.8 Å². The Morgan fingerprint density at radius 3 is 2.26 bits per heavy atom. The number of carbonyl (C=O) groups excluding carboxylic acids is 1. The van der Waals surface area contributed by atoms with E-state index in [0.29, 0.717) is 48.3 Å². The normalized spacial score (nSPS) is 10.8. The van der Waals surface area contributed by atoms with Crippen molar-refractivity contribution >= 4 is 82.3 Å². The number of amides is 1. The van der Waals surface area contributed by atoms with Crippen LogP contribution >= 0.6 is 55.4 Å². The molecule has 2 N–H and O–H groups in total. The highest BCUT2D eigenvalue weighted by molar-refractivity contribution is 9.11. The summed E-state index contributed by atoms with van der Waals surface area (Å²) in [5.41, 5.74) is 2.76. The number of para-hydroxylation sites is 1. The van der Waals surface area contributed by atoms with Crippen LogP contribution in [0.3, 0.4) is 0 Å². The van der Waals surface area contributed by atoms with Gasteiger partial charge < -0.3 is 19.5 Å². The lowest BCUT2D eigenvalue weighted by Crippen LogP contribution is -2.34. The lowest BCUT2D eigenvalue weighted by atomic mass is 10.1. The van der Waals surface area contributed by atoms with Gasteiger partial charge in [-0.3, -0.25) is 10.1 Å². The fourth-order valence-electron chi connectivity index (χ4n) is 3.70. The number of thiazole rings is 1. The smallest absolute Gasteiger partial charge is 0.257 e. The van der Waals surface area contributed by atoms with Gasteiger partial charge in [0.1, 0.15) is 5.01 Å². The molecule has 38 heavy (non-hydrogen) atoms. The van der Waals surface area contributed by atoms with Crippen molar-refractivity contribution in [1.82, 2.24) is 10.3 Å². The zero-order valence-electron chi connectivity index (χ0n) is 20.9. The van der Waals surface area contributed by atoms with Gasteiger partial charge in [0, 0.05) is 20.1 Å². The van der Waals surface area contributed by atoms with Crippen LogP contribution in [0.5, 0.6) is 17.2 Å². The van der Waals surface area contributed by atoms with Crippen LogP contribution in [0.1, 0.15) is 31.1 Å². The van der Waals surface area contributed by atoms with Crippen LogP contribution in [0.2, 0.25) is 0 Å². The quantitative estimate of drug-likeness (QED) is 0.175. The minimum absolute atomic E-state index is 0.130. The van der Waals surface area contributed by atoms with Gasteiger partial charge in [0.05, 0.1) is 35.7 Å². The second-order valence-electron chi connectivity index (χ2n) is 7.81. The number of aromatic nitrogens is 1. The topological polar surface area (TPSA) is 81.7 Å². The molecule has 3 aromatic carbocycles. The summed E-state index contributed by atoms with van der Waals surface area (Å²) in [5, 5.41) is 6.88. The van der Waals surface area contributed by atoms with Gasteiger partial charge >= 0.3 is 0 Å². The number of carbonyl (C=O) groups is 1. The van der Waals surface area contributed by atoms with Crippen LogP contribution in [0.4, 0.5) is 5.69 Å². The summed E-state index contributed by atoms with van der Waals surface area (Å²) in [7, 11) is 0. The molecule has 198 valence electrons. The number of halogens is 2. The highest BCUT2D eigenvalue weighted by Gasteiger charge is 2.20. The summed E-state index contributed by atoms with van der Waals surface area (Å²) in [6.45, 7) is 6.84. The van der Waals surface area contributed by atoms with E-state index in [1.807, 2.05) is 57.2 Å². The number of rotatable bonds is 9. The third-order valence-electron chi connectivity index (χ3n) is 5.22. The number of anilines is 1. The standard InChI is InChI=1S/C27H25Br2N3O4S2/c1-4-34-20-11-15(12-21(35-5-2)24(20)36-6-3)25(33)32-27(37)31-23-17(13-16(28)14-18(23)29)26-30-19-9-7-8-10-22(19)38-26/h7-14H,4-6H2,1-3H3,(H2,31,32,33,37). The highest BCUT2D eigenvalue weighted by atomic mass is 79.9.